The molecule has 0 aliphatic heterocycles. The van der Waals surface area contributed by atoms with Crippen molar-refractivity contribution in [3.63, 3.8) is 0 Å². The molecule has 0 unspecified atom stereocenters. The van der Waals surface area contributed by atoms with Gasteiger partial charge in [-0.05, 0) is 42.8 Å². The predicted octanol–water partition coefficient (Wildman–Crippen LogP) is 6.82. The van der Waals surface area contributed by atoms with Gasteiger partial charge in [0, 0.05) is 17.2 Å². The first kappa shape index (κ1) is 26.2. The zero-order valence-electron chi connectivity index (χ0n) is 21.9. The average molecular weight is 559 g/mol. The van der Waals surface area contributed by atoms with Gasteiger partial charge >= 0.3 is 6.18 Å². The minimum absolute atomic E-state index is 0.101. The molecule has 7 nitrogen and oxygen atoms in total. The quantitative estimate of drug-likeness (QED) is 0.236. The maximum atomic E-state index is 14.2. The normalized spacial score (nSPS) is 11.9. The van der Waals surface area contributed by atoms with E-state index in [1.807, 2.05) is 30.3 Å². The predicted molar refractivity (Wildman–Crippen MR) is 146 cm³/mol. The third-order valence-electron chi connectivity index (χ3n) is 6.89. The van der Waals surface area contributed by atoms with Crippen LogP contribution in [0.1, 0.15) is 33.1 Å². The van der Waals surface area contributed by atoms with Crippen LogP contribution in [-0.4, -0.2) is 30.3 Å². The summed E-state index contributed by atoms with van der Waals surface area (Å²) in [4.78, 5) is 17.6. The Hall–Kier alpha value is -5.06. The molecular formula is C30H22F4N6O. The number of benzene rings is 3. The highest BCUT2D eigenvalue weighted by Crippen LogP contribution is 2.33. The summed E-state index contributed by atoms with van der Waals surface area (Å²) in [5, 5.41) is 12.8. The van der Waals surface area contributed by atoms with Crippen LogP contribution in [0.4, 0.5) is 23.2 Å². The van der Waals surface area contributed by atoms with E-state index < -0.39 is 17.8 Å². The molecule has 41 heavy (non-hydrogen) atoms. The molecule has 0 saturated carbocycles. The second-order valence-corrected chi connectivity index (χ2v) is 9.63. The summed E-state index contributed by atoms with van der Waals surface area (Å²) >= 11 is 0. The lowest BCUT2D eigenvalue weighted by Crippen LogP contribution is -2.16. The number of alkyl halides is 3. The fourth-order valence-corrected chi connectivity index (χ4v) is 4.78. The maximum Gasteiger partial charge on any atom is 0.433 e. The van der Waals surface area contributed by atoms with Gasteiger partial charge in [0.1, 0.15) is 5.82 Å². The van der Waals surface area contributed by atoms with E-state index in [1.165, 1.54) is 12.1 Å². The number of nitrogens with zero attached hydrogens (tertiary/aromatic N) is 5. The van der Waals surface area contributed by atoms with Crippen LogP contribution >= 0.6 is 0 Å². The molecule has 0 spiro atoms. The highest BCUT2D eigenvalue weighted by atomic mass is 19.4. The fraction of sp³-hybridized carbons (Fsp3) is 0.133. The van der Waals surface area contributed by atoms with Gasteiger partial charge in [-0.15, -0.1) is 0 Å². The molecule has 11 heteroatoms. The van der Waals surface area contributed by atoms with Crippen molar-refractivity contribution in [2.45, 2.75) is 26.6 Å². The second kappa shape index (κ2) is 9.84. The molecule has 3 aromatic carbocycles. The summed E-state index contributed by atoms with van der Waals surface area (Å²) in [5.74, 6) is -1.11. The Kier molecular flexibility index (Phi) is 6.29. The van der Waals surface area contributed by atoms with Crippen molar-refractivity contribution in [1.29, 1.82) is 0 Å². The van der Waals surface area contributed by atoms with E-state index in [9.17, 15) is 22.4 Å². The molecule has 0 aliphatic carbocycles. The molecule has 0 radical (unpaired) electrons. The van der Waals surface area contributed by atoms with Gasteiger partial charge in [0.05, 0.1) is 29.3 Å². The standard InChI is InChI=1S/C30H22F4N6O/c1-17-28(18(2)39(37-17)16-22-9-5-6-10-23(22)31)36-29(41)25-15-27-35-24(14-26(30(32,33)34)40(27)38-25)21-12-11-19-7-3-4-8-20(19)13-21/h3-15H,16H2,1-2H3,(H,36,41). The summed E-state index contributed by atoms with van der Waals surface area (Å²) in [7, 11) is 0. The Morgan fingerprint density at radius 1 is 0.902 bits per heavy atom. The molecule has 6 aromatic rings. The van der Waals surface area contributed by atoms with Gasteiger partial charge in [-0.1, -0.05) is 54.6 Å². The van der Waals surface area contributed by atoms with Crippen molar-refractivity contribution in [3.8, 4) is 11.3 Å². The summed E-state index contributed by atoms with van der Waals surface area (Å²) in [6.45, 7) is 3.52. The molecule has 3 heterocycles. The van der Waals surface area contributed by atoms with Gasteiger partial charge in [0.25, 0.3) is 5.91 Å². The Balaban J connectivity index is 1.35. The monoisotopic (exact) mass is 558 g/mol. The van der Waals surface area contributed by atoms with Crippen LogP contribution in [0.15, 0.2) is 78.9 Å². The number of aromatic nitrogens is 5. The van der Waals surface area contributed by atoms with Crippen LogP contribution in [0.5, 0.6) is 0 Å². The van der Waals surface area contributed by atoms with Gasteiger partial charge in [0.2, 0.25) is 0 Å². The number of amides is 1. The number of hydrogen-bond acceptors (Lipinski definition) is 4. The number of carbonyl (C=O) groups excluding carboxylic acids is 1. The largest absolute Gasteiger partial charge is 0.433 e. The molecule has 0 bridgehead atoms. The Morgan fingerprint density at radius 2 is 1.63 bits per heavy atom. The number of hydrogen-bond donors (Lipinski definition) is 1. The van der Waals surface area contributed by atoms with Crippen molar-refractivity contribution in [2.24, 2.45) is 0 Å². The molecule has 206 valence electrons. The molecule has 0 fully saturated rings. The van der Waals surface area contributed by atoms with Gasteiger partial charge in [-0.2, -0.15) is 23.4 Å². The molecule has 0 saturated heterocycles. The minimum Gasteiger partial charge on any atom is -0.317 e. The number of rotatable bonds is 5. The van der Waals surface area contributed by atoms with Crippen LogP contribution in [0.3, 0.4) is 0 Å². The maximum absolute atomic E-state index is 14.2. The Morgan fingerprint density at radius 3 is 2.39 bits per heavy atom. The smallest absolute Gasteiger partial charge is 0.317 e. The highest BCUT2D eigenvalue weighted by Gasteiger charge is 2.36. The molecule has 6 rings (SSSR count). The first-order valence-corrected chi connectivity index (χ1v) is 12.6. The Labute approximate surface area is 231 Å². The van der Waals surface area contributed by atoms with Crippen molar-refractivity contribution < 1.29 is 22.4 Å². The third-order valence-corrected chi connectivity index (χ3v) is 6.89. The summed E-state index contributed by atoms with van der Waals surface area (Å²) in [6.07, 6.45) is -4.76. The molecule has 1 amide bonds. The zero-order chi connectivity index (χ0) is 28.9. The molecule has 0 aliphatic rings. The average Bonchev–Trinajstić information content (AvgIpc) is 3.49. The third kappa shape index (κ3) is 4.90. The van der Waals surface area contributed by atoms with E-state index in [2.05, 4.69) is 20.5 Å². The topological polar surface area (TPSA) is 77.1 Å². The summed E-state index contributed by atoms with van der Waals surface area (Å²) < 4.78 is 58.7. The lowest BCUT2D eigenvalue weighted by atomic mass is 10.0. The fourth-order valence-electron chi connectivity index (χ4n) is 4.78. The number of fused-ring (bicyclic) bond motifs is 2. The zero-order valence-corrected chi connectivity index (χ0v) is 21.9. The van der Waals surface area contributed by atoms with Gasteiger partial charge in [-0.3, -0.25) is 9.48 Å². The van der Waals surface area contributed by atoms with Gasteiger partial charge in [0.15, 0.2) is 17.0 Å². The number of carbonyl (C=O) groups is 1. The molecular weight excluding hydrogens is 536 g/mol. The highest BCUT2D eigenvalue weighted by molar-refractivity contribution is 6.04. The number of halogens is 4. The lowest BCUT2D eigenvalue weighted by Gasteiger charge is -2.11. The van der Waals surface area contributed by atoms with Crippen LogP contribution < -0.4 is 5.32 Å². The Bertz CT molecular complexity index is 1960. The van der Waals surface area contributed by atoms with Crippen molar-refractivity contribution in [2.75, 3.05) is 5.32 Å². The summed E-state index contributed by atoms with van der Waals surface area (Å²) in [5.41, 5.74) is 0.958. The van der Waals surface area contributed by atoms with Crippen LogP contribution in [0.25, 0.3) is 27.7 Å². The van der Waals surface area contributed by atoms with Gasteiger partial charge < -0.3 is 5.32 Å². The number of anilines is 1. The first-order chi connectivity index (χ1) is 19.6. The number of aryl methyl sites for hydroxylation is 1. The van der Waals surface area contributed by atoms with E-state index >= 15 is 0 Å². The van der Waals surface area contributed by atoms with E-state index in [0.717, 1.165) is 16.8 Å². The van der Waals surface area contributed by atoms with E-state index in [4.69, 9.17) is 0 Å². The molecule has 3 aromatic heterocycles. The van der Waals surface area contributed by atoms with E-state index in [0.29, 0.717) is 32.7 Å². The van der Waals surface area contributed by atoms with Crippen LogP contribution in [0.2, 0.25) is 0 Å². The van der Waals surface area contributed by atoms with Crippen molar-refractivity contribution in [3.05, 3.63) is 113 Å². The summed E-state index contributed by atoms with van der Waals surface area (Å²) in [6, 6.07) is 21.2. The van der Waals surface area contributed by atoms with Crippen LogP contribution in [0, 0.1) is 19.7 Å². The lowest BCUT2D eigenvalue weighted by molar-refractivity contribution is -0.142. The second-order valence-electron chi connectivity index (χ2n) is 9.63. The van der Waals surface area contributed by atoms with Crippen LogP contribution in [-0.2, 0) is 12.7 Å². The molecule has 1 N–H and O–H groups in total. The van der Waals surface area contributed by atoms with E-state index in [1.54, 1.807) is 48.9 Å². The minimum atomic E-state index is -4.76. The SMILES string of the molecule is Cc1nn(Cc2ccccc2F)c(C)c1NC(=O)c1cc2nc(-c3ccc4ccccc4c3)cc(C(F)(F)F)n2n1. The molecule has 0 atom stereocenters. The number of nitrogens with one attached hydrogen (secondary N) is 1. The van der Waals surface area contributed by atoms with E-state index in [-0.39, 0.29) is 29.4 Å². The van der Waals surface area contributed by atoms with Crippen molar-refractivity contribution >= 4 is 28.0 Å². The van der Waals surface area contributed by atoms with Gasteiger partial charge in [-0.25, -0.2) is 13.9 Å². The van der Waals surface area contributed by atoms with Crippen molar-refractivity contribution in [1.82, 2.24) is 24.4 Å². The first-order valence-electron chi connectivity index (χ1n) is 12.6.